The molecule has 0 bridgehead atoms. The number of sulfonamides is 1. The highest BCUT2D eigenvalue weighted by Crippen LogP contribution is 2.24. The SMILES string of the molecule is Cc1cccc(NC(=O)c2ccc(F)c(S(=O)(=O)NC3CC3)c2)c1C. The Hall–Kier alpha value is -2.25. The molecule has 2 aromatic carbocycles. The van der Waals surface area contributed by atoms with Crippen LogP contribution in [0.15, 0.2) is 41.3 Å². The largest absolute Gasteiger partial charge is 0.322 e. The Balaban J connectivity index is 1.88. The molecule has 1 amide bonds. The third-order valence-electron chi connectivity index (χ3n) is 4.23. The molecule has 1 fully saturated rings. The second-order valence-electron chi connectivity index (χ2n) is 6.24. The number of carbonyl (C=O) groups is 1. The highest BCUT2D eigenvalue weighted by atomic mass is 32.2. The molecule has 2 N–H and O–H groups in total. The van der Waals surface area contributed by atoms with Crippen molar-refractivity contribution in [2.75, 3.05) is 5.32 Å². The van der Waals surface area contributed by atoms with Crippen molar-refractivity contribution in [2.45, 2.75) is 37.6 Å². The van der Waals surface area contributed by atoms with Gasteiger partial charge in [-0.25, -0.2) is 17.5 Å². The third kappa shape index (κ3) is 3.88. The molecule has 0 heterocycles. The summed E-state index contributed by atoms with van der Waals surface area (Å²) >= 11 is 0. The van der Waals surface area contributed by atoms with Crippen LogP contribution in [-0.4, -0.2) is 20.4 Å². The third-order valence-corrected chi connectivity index (χ3v) is 5.77. The molecule has 7 heteroatoms. The predicted molar refractivity (Wildman–Crippen MR) is 93.6 cm³/mol. The van der Waals surface area contributed by atoms with Gasteiger partial charge in [-0.2, -0.15) is 0 Å². The van der Waals surface area contributed by atoms with E-state index in [1.54, 1.807) is 6.07 Å². The van der Waals surface area contributed by atoms with Gasteiger partial charge in [0, 0.05) is 17.3 Å². The normalized spacial score (nSPS) is 14.4. The summed E-state index contributed by atoms with van der Waals surface area (Å²) in [5.74, 6) is -1.37. The Bertz CT molecular complexity index is 937. The van der Waals surface area contributed by atoms with Crippen molar-refractivity contribution in [2.24, 2.45) is 0 Å². The van der Waals surface area contributed by atoms with E-state index in [9.17, 15) is 17.6 Å². The summed E-state index contributed by atoms with van der Waals surface area (Å²) in [5.41, 5.74) is 2.66. The van der Waals surface area contributed by atoms with Crippen molar-refractivity contribution in [3.8, 4) is 0 Å². The average Bonchev–Trinajstić information content (AvgIpc) is 3.35. The zero-order chi connectivity index (χ0) is 18.2. The van der Waals surface area contributed by atoms with Gasteiger partial charge in [-0.05, 0) is 62.1 Å². The summed E-state index contributed by atoms with van der Waals surface area (Å²) < 4.78 is 40.9. The lowest BCUT2D eigenvalue weighted by Crippen LogP contribution is -2.27. The smallest absolute Gasteiger partial charge is 0.255 e. The zero-order valence-electron chi connectivity index (χ0n) is 14.0. The number of nitrogens with one attached hydrogen (secondary N) is 2. The minimum atomic E-state index is -3.98. The minimum absolute atomic E-state index is 0.0819. The summed E-state index contributed by atoms with van der Waals surface area (Å²) in [7, 11) is -3.98. The van der Waals surface area contributed by atoms with Crippen LogP contribution in [-0.2, 0) is 10.0 Å². The lowest BCUT2D eigenvalue weighted by molar-refractivity contribution is 0.102. The van der Waals surface area contributed by atoms with Crippen molar-refractivity contribution in [3.05, 3.63) is 58.9 Å². The molecule has 0 aliphatic heterocycles. The van der Waals surface area contributed by atoms with Crippen LogP contribution in [0, 0.1) is 19.7 Å². The van der Waals surface area contributed by atoms with E-state index >= 15 is 0 Å². The van der Waals surface area contributed by atoms with E-state index in [2.05, 4.69) is 10.0 Å². The summed E-state index contributed by atoms with van der Waals surface area (Å²) in [6.07, 6.45) is 1.49. The first-order chi connectivity index (χ1) is 11.8. The molecule has 0 atom stereocenters. The van der Waals surface area contributed by atoms with Gasteiger partial charge < -0.3 is 5.32 Å². The van der Waals surface area contributed by atoms with Gasteiger partial charge in [-0.1, -0.05) is 12.1 Å². The Morgan fingerprint density at radius 2 is 1.88 bits per heavy atom. The van der Waals surface area contributed by atoms with Gasteiger partial charge in [0.25, 0.3) is 5.91 Å². The van der Waals surface area contributed by atoms with E-state index in [1.165, 1.54) is 6.07 Å². The molecule has 2 aromatic rings. The second-order valence-corrected chi connectivity index (χ2v) is 7.92. The average molecular weight is 362 g/mol. The number of halogens is 1. The Morgan fingerprint density at radius 3 is 2.56 bits per heavy atom. The first-order valence-corrected chi connectivity index (χ1v) is 9.46. The van der Waals surface area contributed by atoms with Gasteiger partial charge >= 0.3 is 0 Å². The van der Waals surface area contributed by atoms with Gasteiger partial charge in [0.15, 0.2) is 0 Å². The van der Waals surface area contributed by atoms with E-state index in [1.807, 2.05) is 26.0 Å². The van der Waals surface area contributed by atoms with Crippen LogP contribution >= 0.6 is 0 Å². The highest BCUT2D eigenvalue weighted by molar-refractivity contribution is 7.89. The van der Waals surface area contributed by atoms with E-state index < -0.39 is 26.6 Å². The molecule has 0 aromatic heterocycles. The molecule has 25 heavy (non-hydrogen) atoms. The van der Waals surface area contributed by atoms with E-state index in [0.29, 0.717) is 5.69 Å². The van der Waals surface area contributed by atoms with Gasteiger partial charge in [-0.15, -0.1) is 0 Å². The summed E-state index contributed by atoms with van der Waals surface area (Å²) in [5, 5.41) is 2.74. The molecule has 0 radical (unpaired) electrons. The van der Waals surface area contributed by atoms with Crippen LogP contribution in [0.25, 0.3) is 0 Å². The van der Waals surface area contributed by atoms with Crippen molar-refractivity contribution in [1.82, 2.24) is 4.72 Å². The lowest BCUT2D eigenvalue weighted by Gasteiger charge is -2.12. The Morgan fingerprint density at radius 1 is 1.16 bits per heavy atom. The van der Waals surface area contributed by atoms with Crippen LogP contribution < -0.4 is 10.0 Å². The molecular formula is C18H19FN2O3S. The molecule has 1 aliphatic rings. The number of hydrogen-bond acceptors (Lipinski definition) is 3. The lowest BCUT2D eigenvalue weighted by atomic mass is 10.1. The molecule has 1 saturated carbocycles. The number of rotatable bonds is 5. The molecule has 132 valence electrons. The fourth-order valence-corrected chi connectivity index (χ4v) is 3.82. The van der Waals surface area contributed by atoms with E-state index in [4.69, 9.17) is 0 Å². The summed E-state index contributed by atoms with van der Waals surface area (Å²) in [6.45, 7) is 3.81. The minimum Gasteiger partial charge on any atom is -0.322 e. The number of benzene rings is 2. The van der Waals surface area contributed by atoms with Crippen LogP contribution in [0.5, 0.6) is 0 Å². The predicted octanol–water partition coefficient (Wildman–Crippen LogP) is 3.14. The first kappa shape index (κ1) is 17.6. The number of hydrogen-bond donors (Lipinski definition) is 2. The van der Waals surface area contributed by atoms with E-state index in [-0.39, 0.29) is 11.6 Å². The second kappa shape index (κ2) is 6.57. The van der Waals surface area contributed by atoms with Crippen LogP contribution in [0.1, 0.15) is 34.3 Å². The number of anilines is 1. The topological polar surface area (TPSA) is 75.3 Å². The maximum atomic E-state index is 14.0. The Kier molecular flexibility index (Phi) is 4.62. The molecule has 3 rings (SSSR count). The van der Waals surface area contributed by atoms with Gasteiger partial charge in [0.05, 0.1) is 0 Å². The van der Waals surface area contributed by atoms with Gasteiger partial charge in [0.2, 0.25) is 10.0 Å². The van der Waals surface area contributed by atoms with Crippen LogP contribution in [0.2, 0.25) is 0 Å². The standard InChI is InChI=1S/C18H19FN2O3S/c1-11-4-3-5-16(12(11)2)20-18(22)13-6-9-15(19)17(10-13)25(23,24)21-14-7-8-14/h3-6,9-10,14,21H,7-8H2,1-2H3,(H,20,22). The van der Waals surface area contributed by atoms with Crippen molar-refractivity contribution in [3.63, 3.8) is 0 Å². The summed E-state index contributed by atoms with van der Waals surface area (Å²) in [4.78, 5) is 11.9. The molecule has 5 nitrogen and oxygen atoms in total. The number of amides is 1. The maximum Gasteiger partial charge on any atom is 0.255 e. The molecule has 0 unspecified atom stereocenters. The van der Waals surface area contributed by atoms with Crippen molar-refractivity contribution < 1.29 is 17.6 Å². The number of carbonyl (C=O) groups excluding carboxylic acids is 1. The van der Waals surface area contributed by atoms with Crippen LogP contribution in [0.3, 0.4) is 0 Å². The zero-order valence-corrected chi connectivity index (χ0v) is 14.8. The van der Waals surface area contributed by atoms with Gasteiger partial charge in [-0.3, -0.25) is 4.79 Å². The summed E-state index contributed by atoms with van der Waals surface area (Å²) in [6, 6.07) is 8.70. The molecule has 0 spiro atoms. The van der Waals surface area contributed by atoms with Crippen molar-refractivity contribution in [1.29, 1.82) is 0 Å². The fraction of sp³-hybridized carbons (Fsp3) is 0.278. The maximum absolute atomic E-state index is 14.0. The molecule has 1 aliphatic carbocycles. The van der Waals surface area contributed by atoms with Gasteiger partial charge in [0.1, 0.15) is 10.7 Å². The first-order valence-electron chi connectivity index (χ1n) is 7.97. The fourth-order valence-electron chi connectivity index (χ4n) is 2.42. The monoisotopic (exact) mass is 362 g/mol. The van der Waals surface area contributed by atoms with E-state index in [0.717, 1.165) is 36.1 Å². The Labute approximate surface area is 146 Å². The quantitative estimate of drug-likeness (QED) is 0.858. The molecule has 0 saturated heterocycles. The van der Waals surface area contributed by atoms with Crippen molar-refractivity contribution >= 4 is 21.6 Å². The highest BCUT2D eigenvalue weighted by Gasteiger charge is 2.30. The molecular weight excluding hydrogens is 343 g/mol. The number of aryl methyl sites for hydroxylation is 1. The van der Waals surface area contributed by atoms with Crippen LogP contribution in [0.4, 0.5) is 10.1 Å².